The van der Waals surface area contributed by atoms with Gasteiger partial charge in [0.2, 0.25) is 11.5 Å². The van der Waals surface area contributed by atoms with Crippen molar-refractivity contribution in [2.75, 3.05) is 18.8 Å². The zero-order valence-electron chi connectivity index (χ0n) is 8.36. The van der Waals surface area contributed by atoms with Gasteiger partial charge in [0, 0.05) is 0 Å². The second-order valence-corrected chi connectivity index (χ2v) is 2.95. The number of aliphatic carboxylic acids is 2. The number of carboxylic acids is 2. The predicted molar refractivity (Wildman–Crippen MR) is 49.9 cm³/mol. The summed E-state index contributed by atoms with van der Waals surface area (Å²) >= 11 is 0. The molecule has 0 aliphatic heterocycles. The molecule has 0 radical (unpaired) electrons. The number of carbonyl (C=O) groups excluding carboxylic acids is 1. The Hall–Kier alpha value is -2.65. The minimum absolute atomic E-state index is 0.337. The smallest absolute Gasteiger partial charge is 0.323 e. The molecule has 4 N–H and O–H groups in total. The first-order valence-corrected chi connectivity index (χ1v) is 4.22. The molecule has 0 fully saturated rings. The fraction of sp³-hybridized carbons (Fsp3) is 0.286. The number of hydrogen-bond donors (Lipinski definition) is 3. The fourth-order valence-corrected chi connectivity index (χ4v) is 1.02. The van der Waals surface area contributed by atoms with Gasteiger partial charge in [0.1, 0.15) is 13.1 Å². The van der Waals surface area contributed by atoms with E-state index in [1.807, 2.05) is 0 Å². The molecule has 0 unspecified atom stereocenters. The van der Waals surface area contributed by atoms with E-state index in [2.05, 4.69) is 14.9 Å². The molecule has 0 aliphatic rings. The van der Waals surface area contributed by atoms with Gasteiger partial charge >= 0.3 is 11.9 Å². The molecule has 10 heteroatoms. The van der Waals surface area contributed by atoms with E-state index in [1.165, 1.54) is 0 Å². The van der Waals surface area contributed by atoms with Gasteiger partial charge in [-0.15, -0.1) is 0 Å². The summed E-state index contributed by atoms with van der Waals surface area (Å²) in [5, 5.41) is 23.4. The first-order chi connectivity index (χ1) is 7.91. The van der Waals surface area contributed by atoms with E-state index in [9.17, 15) is 14.4 Å². The second kappa shape index (κ2) is 4.92. The van der Waals surface area contributed by atoms with Crippen LogP contribution in [-0.2, 0) is 9.59 Å². The number of hydrogen-bond acceptors (Lipinski definition) is 7. The van der Waals surface area contributed by atoms with Crippen LogP contribution >= 0.6 is 0 Å². The Kier molecular flexibility index (Phi) is 3.59. The quantitative estimate of drug-likeness (QED) is 0.546. The van der Waals surface area contributed by atoms with Gasteiger partial charge in [0.25, 0.3) is 5.91 Å². The van der Waals surface area contributed by atoms with E-state index in [4.69, 9.17) is 15.9 Å². The topological polar surface area (TPSA) is 160 Å². The number of anilines is 1. The first-order valence-electron chi connectivity index (χ1n) is 4.22. The van der Waals surface area contributed by atoms with Gasteiger partial charge < -0.3 is 20.8 Å². The lowest BCUT2D eigenvalue weighted by molar-refractivity contribution is -0.140. The van der Waals surface area contributed by atoms with Crippen LogP contribution in [0.1, 0.15) is 10.5 Å². The lowest BCUT2D eigenvalue weighted by Crippen LogP contribution is -2.39. The second-order valence-electron chi connectivity index (χ2n) is 2.95. The molecule has 10 nitrogen and oxygen atoms in total. The SMILES string of the molecule is Nc1nonc1C(=O)N(CC(=O)O)CC(=O)O. The minimum atomic E-state index is -1.37. The third kappa shape index (κ3) is 3.15. The molecular weight excluding hydrogens is 236 g/mol. The van der Waals surface area contributed by atoms with Crippen LogP contribution in [0.4, 0.5) is 5.82 Å². The number of carbonyl (C=O) groups is 3. The molecule has 1 amide bonds. The maximum atomic E-state index is 11.7. The molecule has 0 saturated carbocycles. The average molecular weight is 244 g/mol. The largest absolute Gasteiger partial charge is 0.480 e. The number of aromatic nitrogens is 2. The van der Waals surface area contributed by atoms with Crippen molar-refractivity contribution in [2.45, 2.75) is 0 Å². The maximum absolute atomic E-state index is 11.7. The van der Waals surface area contributed by atoms with Crippen LogP contribution in [0.2, 0.25) is 0 Å². The molecule has 92 valence electrons. The van der Waals surface area contributed by atoms with Gasteiger partial charge in [0.05, 0.1) is 0 Å². The van der Waals surface area contributed by atoms with Crippen molar-refractivity contribution in [1.29, 1.82) is 0 Å². The normalized spacial score (nSPS) is 9.88. The first kappa shape index (κ1) is 12.4. The third-order valence-electron chi connectivity index (χ3n) is 1.66. The number of nitrogens with zero attached hydrogens (tertiary/aromatic N) is 3. The molecular formula is C7H8N4O6. The standard InChI is InChI=1S/C7H8N4O6/c8-6-5(9-17-10-6)7(16)11(1-3(12)13)2-4(14)15/h1-2H2,(H2,8,10)(H,12,13)(H,14,15). The van der Waals surface area contributed by atoms with Crippen LogP contribution in [0.3, 0.4) is 0 Å². The van der Waals surface area contributed by atoms with Crippen molar-refractivity contribution in [1.82, 2.24) is 15.2 Å². The van der Waals surface area contributed by atoms with Gasteiger partial charge in [0.15, 0.2) is 0 Å². The monoisotopic (exact) mass is 244 g/mol. The molecule has 0 aliphatic carbocycles. The lowest BCUT2D eigenvalue weighted by Gasteiger charge is -2.16. The molecule has 0 atom stereocenters. The highest BCUT2D eigenvalue weighted by atomic mass is 16.6. The predicted octanol–water partition coefficient (Wildman–Crippen LogP) is -1.74. The fourth-order valence-electron chi connectivity index (χ4n) is 1.02. The highest BCUT2D eigenvalue weighted by molar-refractivity contribution is 5.98. The van der Waals surface area contributed by atoms with Crippen LogP contribution < -0.4 is 5.73 Å². The summed E-state index contributed by atoms with van der Waals surface area (Å²) in [4.78, 5) is 33.1. The molecule has 1 aromatic heterocycles. The number of carboxylic acid groups (broad SMARTS) is 2. The molecule has 1 aromatic rings. The zero-order chi connectivity index (χ0) is 13.0. The van der Waals surface area contributed by atoms with E-state index < -0.39 is 36.6 Å². The summed E-state index contributed by atoms with van der Waals surface area (Å²) in [6.07, 6.45) is 0. The summed E-state index contributed by atoms with van der Waals surface area (Å²) in [6.45, 7) is -1.59. The van der Waals surface area contributed by atoms with Gasteiger partial charge in [-0.3, -0.25) is 14.4 Å². The Balaban J connectivity index is 2.90. The van der Waals surface area contributed by atoms with Crippen LogP contribution in [-0.4, -0.2) is 56.4 Å². The molecule has 0 saturated heterocycles. The van der Waals surface area contributed by atoms with E-state index in [0.29, 0.717) is 4.90 Å². The summed E-state index contributed by atoms with van der Waals surface area (Å²) < 4.78 is 4.16. The van der Waals surface area contributed by atoms with Gasteiger partial charge in [-0.2, -0.15) is 0 Å². The van der Waals surface area contributed by atoms with Crippen molar-refractivity contribution in [3.05, 3.63) is 5.69 Å². The summed E-state index contributed by atoms with van der Waals surface area (Å²) in [5.74, 6) is -4.05. The molecule has 1 heterocycles. The molecule has 0 bridgehead atoms. The van der Waals surface area contributed by atoms with Gasteiger partial charge in [-0.25, -0.2) is 4.63 Å². The van der Waals surface area contributed by atoms with Crippen LogP contribution in [0.15, 0.2) is 4.63 Å². The Bertz CT molecular complexity index is 439. The van der Waals surface area contributed by atoms with Crippen LogP contribution in [0.25, 0.3) is 0 Å². The van der Waals surface area contributed by atoms with Crippen molar-refractivity contribution < 1.29 is 29.2 Å². The van der Waals surface area contributed by atoms with Crippen LogP contribution in [0.5, 0.6) is 0 Å². The number of rotatable bonds is 5. The number of nitrogen functional groups attached to an aromatic ring is 1. The Labute approximate surface area is 93.6 Å². The van der Waals surface area contributed by atoms with E-state index >= 15 is 0 Å². The summed E-state index contributed by atoms with van der Waals surface area (Å²) in [7, 11) is 0. The lowest BCUT2D eigenvalue weighted by atomic mass is 10.3. The van der Waals surface area contributed by atoms with Crippen molar-refractivity contribution >= 4 is 23.7 Å². The maximum Gasteiger partial charge on any atom is 0.323 e. The molecule has 0 spiro atoms. The average Bonchev–Trinajstić information content (AvgIpc) is 2.61. The Morgan fingerprint density at radius 1 is 1.18 bits per heavy atom. The molecule has 1 rings (SSSR count). The minimum Gasteiger partial charge on any atom is -0.480 e. The summed E-state index contributed by atoms with van der Waals surface area (Å²) in [5.41, 5.74) is 4.81. The van der Waals surface area contributed by atoms with Crippen molar-refractivity contribution in [3.8, 4) is 0 Å². The van der Waals surface area contributed by atoms with Crippen LogP contribution in [0, 0.1) is 0 Å². The Morgan fingerprint density at radius 3 is 2.06 bits per heavy atom. The highest BCUT2D eigenvalue weighted by Gasteiger charge is 2.26. The van der Waals surface area contributed by atoms with E-state index in [1.54, 1.807) is 0 Å². The van der Waals surface area contributed by atoms with Gasteiger partial charge in [-0.1, -0.05) is 0 Å². The summed E-state index contributed by atoms with van der Waals surface area (Å²) in [6, 6.07) is 0. The van der Waals surface area contributed by atoms with Crippen molar-refractivity contribution in [2.24, 2.45) is 0 Å². The zero-order valence-corrected chi connectivity index (χ0v) is 8.36. The molecule has 0 aromatic carbocycles. The van der Waals surface area contributed by atoms with E-state index in [0.717, 1.165) is 0 Å². The van der Waals surface area contributed by atoms with E-state index in [-0.39, 0.29) is 5.82 Å². The Morgan fingerprint density at radius 2 is 1.71 bits per heavy atom. The number of nitrogens with two attached hydrogens (primary N) is 1. The number of amides is 1. The van der Waals surface area contributed by atoms with Gasteiger partial charge in [-0.05, 0) is 10.3 Å². The highest BCUT2D eigenvalue weighted by Crippen LogP contribution is 2.08. The van der Waals surface area contributed by atoms with Crippen molar-refractivity contribution in [3.63, 3.8) is 0 Å². The molecule has 17 heavy (non-hydrogen) atoms. The third-order valence-corrected chi connectivity index (χ3v) is 1.66.